The summed E-state index contributed by atoms with van der Waals surface area (Å²) < 4.78 is 5.70. The van der Waals surface area contributed by atoms with Crippen molar-refractivity contribution < 1.29 is 14.3 Å². The predicted molar refractivity (Wildman–Crippen MR) is 110 cm³/mol. The number of hydrogen-bond acceptors (Lipinski definition) is 3. The second-order valence-corrected chi connectivity index (χ2v) is 7.70. The van der Waals surface area contributed by atoms with Gasteiger partial charge in [-0.15, -0.1) is 0 Å². The summed E-state index contributed by atoms with van der Waals surface area (Å²) in [6, 6.07) is 13.1. The molecule has 144 valence electrons. The highest BCUT2D eigenvalue weighted by atomic mass is 16.5. The van der Waals surface area contributed by atoms with Crippen LogP contribution in [0, 0.1) is 11.8 Å². The second-order valence-electron chi connectivity index (χ2n) is 7.70. The first-order chi connectivity index (χ1) is 13.3. The molecule has 5 nitrogen and oxygen atoms in total. The van der Waals surface area contributed by atoms with Crippen LogP contribution in [0.4, 0.5) is 10.5 Å². The molecule has 0 spiro atoms. The molecule has 1 fully saturated rings. The Balaban J connectivity index is 2.13. The Morgan fingerprint density at radius 3 is 2.39 bits per heavy atom. The Bertz CT molecular complexity index is 963. The molecule has 0 bridgehead atoms. The largest absolute Gasteiger partial charge is 0.495 e. The highest BCUT2D eigenvalue weighted by molar-refractivity contribution is 6.05. The Morgan fingerprint density at radius 2 is 1.79 bits per heavy atom. The zero-order chi connectivity index (χ0) is 20.3. The van der Waals surface area contributed by atoms with Gasteiger partial charge in [-0.1, -0.05) is 50.8 Å². The molecule has 0 aliphatic carbocycles. The van der Waals surface area contributed by atoms with E-state index in [0.29, 0.717) is 23.5 Å². The summed E-state index contributed by atoms with van der Waals surface area (Å²) in [6.45, 7) is 6.60. The molecule has 0 radical (unpaired) electrons. The number of carbonyl (C=O) groups is 2. The molecule has 5 heteroatoms. The fourth-order valence-corrected chi connectivity index (χ4v) is 3.11. The molecule has 3 amide bonds. The summed E-state index contributed by atoms with van der Waals surface area (Å²) in [5.41, 5.74) is 3.04. The third-order valence-electron chi connectivity index (χ3n) is 4.57. The number of anilines is 1. The maximum atomic E-state index is 12.3. The van der Waals surface area contributed by atoms with Gasteiger partial charge < -0.3 is 4.74 Å². The topological polar surface area (TPSA) is 58.6 Å². The van der Waals surface area contributed by atoms with E-state index in [4.69, 9.17) is 4.74 Å². The molecule has 3 rings (SSSR count). The number of benzene rings is 2. The quantitative estimate of drug-likeness (QED) is 0.810. The first-order valence-electron chi connectivity index (χ1n) is 9.20. The Morgan fingerprint density at radius 1 is 1.07 bits per heavy atom. The van der Waals surface area contributed by atoms with E-state index < -0.39 is 6.03 Å². The fourth-order valence-electron chi connectivity index (χ4n) is 3.11. The van der Waals surface area contributed by atoms with Gasteiger partial charge in [-0.2, -0.15) is 0 Å². The van der Waals surface area contributed by atoms with Crippen LogP contribution in [-0.2, 0) is 10.2 Å². The van der Waals surface area contributed by atoms with Crippen LogP contribution in [0.15, 0.2) is 42.5 Å². The average Bonchev–Trinajstić information content (AvgIpc) is 2.65. The van der Waals surface area contributed by atoms with Crippen LogP contribution in [0.25, 0.3) is 0 Å². The SMILES string of the molecule is COc1c(C#Cc2ccccc2)cc(N2CCC(=O)NC2=O)cc1C(C)(C)C. The number of methoxy groups -OCH3 is 1. The van der Waals surface area contributed by atoms with Crippen molar-refractivity contribution >= 4 is 17.6 Å². The molecular formula is C23H24N2O3. The number of hydrogen-bond donors (Lipinski definition) is 1. The van der Waals surface area contributed by atoms with Gasteiger partial charge in [0.1, 0.15) is 5.75 Å². The molecule has 0 unspecified atom stereocenters. The smallest absolute Gasteiger partial charge is 0.328 e. The normalized spacial score (nSPS) is 14.2. The molecule has 1 aliphatic heterocycles. The predicted octanol–water partition coefficient (Wildman–Crippen LogP) is 3.84. The minimum atomic E-state index is -0.414. The van der Waals surface area contributed by atoms with Crippen molar-refractivity contribution in [2.45, 2.75) is 32.6 Å². The third-order valence-corrected chi connectivity index (χ3v) is 4.57. The Kier molecular flexibility index (Phi) is 5.41. The van der Waals surface area contributed by atoms with Crippen LogP contribution in [0.1, 0.15) is 43.9 Å². The monoisotopic (exact) mass is 376 g/mol. The van der Waals surface area contributed by atoms with Crippen LogP contribution < -0.4 is 15.0 Å². The van der Waals surface area contributed by atoms with Gasteiger partial charge in [-0.3, -0.25) is 15.0 Å². The summed E-state index contributed by atoms with van der Waals surface area (Å²) in [7, 11) is 1.63. The van der Waals surface area contributed by atoms with Crippen molar-refractivity contribution in [3.8, 4) is 17.6 Å². The zero-order valence-corrected chi connectivity index (χ0v) is 16.6. The first-order valence-corrected chi connectivity index (χ1v) is 9.20. The summed E-state index contributed by atoms with van der Waals surface area (Å²) in [5, 5.41) is 2.37. The molecule has 1 saturated heterocycles. The summed E-state index contributed by atoms with van der Waals surface area (Å²) in [5.74, 6) is 6.80. The minimum Gasteiger partial charge on any atom is -0.495 e. The third kappa shape index (κ3) is 4.17. The average molecular weight is 376 g/mol. The second kappa shape index (κ2) is 7.77. The lowest BCUT2D eigenvalue weighted by Gasteiger charge is -2.30. The lowest BCUT2D eigenvalue weighted by molar-refractivity contribution is -0.120. The molecule has 28 heavy (non-hydrogen) atoms. The number of urea groups is 1. The van der Waals surface area contributed by atoms with Gasteiger partial charge in [-0.05, 0) is 29.7 Å². The molecule has 2 aromatic carbocycles. The van der Waals surface area contributed by atoms with E-state index >= 15 is 0 Å². The van der Waals surface area contributed by atoms with Gasteiger partial charge in [0, 0.05) is 29.8 Å². The number of ether oxygens (including phenoxy) is 1. The molecule has 1 N–H and O–H groups in total. The number of amides is 3. The van der Waals surface area contributed by atoms with Crippen molar-refractivity contribution in [2.75, 3.05) is 18.6 Å². The van der Waals surface area contributed by atoms with Gasteiger partial charge in [0.05, 0.1) is 12.7 Å². The van der Waals surface area contributed by atoms with E-state index in [1.54, 1.807) is 12.0 Å². The molecule has 1 aliphatic rings. The number of imide groups is 1. The van der Waals surface area contributed by atoms with Gasteiger partial charge in [0.25, 0.3) is 0 Å². The van der Waals surface area contributed by atoms with Crippen molar-refractivity contribution in [1.29, 1.82) is 0 Å². The standard InChI is InChI=1S/C23H24N2O3/c1-23(2,3)19-15-18(25-13-12-20(26)24-22(25)27)14-17(21(19)28-4)11-10-16-8-6-5-7-9-16/h5-9,14-15H,12-13H2,1-4H3,(H,24,26,27). The molecule has 0 saturated carbocycles. The number of nitrogens with one attached hydrogen (secondary N) is 1. The minimum absolute atomic E-state index is 0.216. The van der Waals surface area contributed by atoms with E-state index in [2.05, 4.69) is 37.9 Å². The van der Waals surface area contributed by atoms with Crippen molar-refractivity contribution in [2.24, 2.45) is 0 Å². The molecular weight excluding hydrogens is 352 g/mol. The Hall–Kier alpha value is -3.26. The zero-order valence-electron chi connectivity index (χ0n) is 16.6. The van der Waals surface area contributed by atoms with Gasteiger partial charge in [-0.25, -0.2) is 4.79 Å². The lowest BCUT2D eigenvalue weighted by Crippen LogP contribution is -2.49. The van der Waals surface area contributed by atoms with Gasteiger partial charge in [0.2, 0.25) is 5.91 Å². The first kappa shape index (κ1) is 19.5. The highest BCUT2D eigenvalue weighted by Crippen LogP contribution is 2.37. The maximum absolute atomic E-state index is 12.3. The van der Waals surface area contributed by atoms with Crippen molar-refractivity contribution in [1.82, 2.24) is 5.32 Å². The van der Waals surface area contributed by atoms with E-state index in [9.17, 15) is 9.59 Å². The molecule has 2 aromatic rings. The van der Waals surface area contributed by atoms with Crippen LogP contribution in [0.5, 0.6) is 5.75 Å². The molecule has 0 aromatic heterocycles. The van der Waals surface area contributed by atoms with E-state index in [1.807, 2.05) is 42.5 Å². The van der Waals surface area contributed by atoms with Gasteiger partial charge >= 0.3 is 6.03 Å². The lowest BCUT2D eigenvalue weighted by atomic mass is 9.84. The number of rotatable bonds is 2. The highest BCUT2D eigenvalue weighted by Gasteiger charge is 2.28. The van der Waals surface area contributed by atoms with Crippen LogP contribution >= 0.6 is 0 Å². The van der Waals surface area contributed by atoms with Crippen LogP contribution in [0.3, 0.4) is 0 Å². The van der Waals surface area contributed by atoms with E-state index in [1.165, 1.54) is 0 Å². The number of nitrogens with zero attached hydrogens (tertiary/aromatic N) is 1. The van der Waals surface area contributed by atoms with Crippen LogP contribution in [0.2, 0.25) is 0 Å². The van der Waals surface area contributed by atoms with Gasteiger partial charge in [0.15, 0.2) is 0 Å². The maximum Gasteiger partial charge on any atom is 0.328 e. The molecule has 1 heterocycles. The Labute approximate surface area is 165 Å². The summed E-state index contributed by atoms with van der Waals surface area (Å²) in [6.07, 6.45) is 0.271. The summed E-state index contributed by atoms with van der Waals surface area (Å²) >= 11 is 0. The summed E-state index contributed by atoms with van der Waals surface area (Å²) in [4.78, 5) is 25.4. The number of carbonyl (C=O) groups excluding carboxylic acids is 2. The van der Waals surface area contributed by atoms with Crippen molar-refractivity contribution in [3.63, 3.8) is 0 Å². The molecule has 0 atom stereocenters. The van der Waals surface area contributed by atoms with Crippen LogP contribution in [-0.4, -0.2) is 25.6 Å². The van der Waals surface area contributed by atoms with Crippen molar-refractivity contribution in [3.05, 3.63) is 59.2 Å². The van der Waals surface area contributed by atoms with E-state index in [-0.39, 0.29) is 17.7 Å². The van der Waals surface area contributed by atoms with E-state index in [0.717, 1.165) is 11.1 Å². The fraction of sp³-hybridized carbons (Fsp3) is 0.304.